The molecule has 0 aliphatic carbocycles. The molecule has 0 saturated heterocycles. The number of aromatic carboxylic acids is 1. The summed E-state index contributed by atoms with van der Waals surface area (Å²) >= 11 is 1.27. The van der Waals surface area contributed by atoms with Crippen LogP contribution in [0.4, 0.5) is 0 Å². The minimum atomic E-state index is -1.05. The first kappa shape index (κ1) is 13.3. The van der Waals surface area contributed by atoms with Gasteiger partial charge < -0.3 is 15.4 Å². The summed E-state index contributed by atoms with van der Waals surface area (Å²) in [6.45, 7) is 3.73. The van der Waals surface area contributed by atoms with Gasteiger partial charge in [-0.1, -0.05) is 0 Å². The third-order valence-corrected chi connectivity index (χ3v) is 3.61. The molecule has 0 aromatic carbocycles. The predicted octanol–water partition coefficient (Wildman–Crippen LogP) is 1.72. The summed E-state index contributed by atoms with van der Waals surface area (Å²) in [7, 11) is 0. The maximum Gasteiger partial charge on any atom is 0.355 e. The summed E-state index contributed by atoms with van der Waals surface area (Å²) in [6.07, 6.45) is 1.69. The van der Waals surface area contributed by atoms with Crippen molar-refractivity contribution in [3.05, 3.63) is 39.1 Å². The van der Waals surface area contributed by atoms with Crippen molar-refractivity contribution in [2.24, 2.45) is 0 Å². The molecule has 100 valence electrons. The molecular formula is C12H13N3O3S. The standard InChI is InChI=1S/C12H13N3O3S/c1-6-8(3-4-13-6)11(16)14-5-9-15-10(12(17)18)7(2)19-9/h3-4,13H,5H2,1-2H3,(H,14,16)(H,17,18). The fraction of sp³-hybridized carbons (Fsp3) is 0.250. The van der Waals surface area contributed by atoms with Crippen molar-refractivity contribution in [3.8, 4) is 0 Å². The number of aromatic nitrogens is 2. The molecule has 2 heterocycles. The first-order chi connectivity index (χ1) is 8.99. The molecule has 19 heavy (non-hydrogen) atoms. The number of carboxylic acids is 1. The number of rotatable bonds is 4. The Morgan fingerprint density at radius 1 is 1.47 bits per heavy atom. The summed E-state index contributed by atoms with van der Waals surface area (Å²) in [5.41, 5.74) is 1.41. The van der Waals surface area contributed by atoms with Crippen LogP contribution in [0.25, 0.3) is 0 Å². The van der Waals surface area contributed by atoms with E-state index in [4.69, 9.17) is 5.11 Å². The first-order valence-corrected chi connectivity index (χ1v) is 6.42. The smallest absolute Gasteiger partial charge is 0.355 e. The van der Waals surface area contributed by atoms with Crippen molar-refractivity contribution < 1.29 is 14.7 Å². The molecule has 2 aromatic rings. The van der Waals surface area contributed by atoms with E-state index in [1.807, 2.05) is 6.92 Å². The van der Waals surface area contributed by atoms with Crippen LogP contribution < -0.4 is 5.32 Å². The van der Waals surface area contributed by atoms with Gasteiger partial charge >= 0.3 is 5.97 Å². The number of thiazole rings is 1. The number of nitrogens with one attached hydrogen (secondary N) is 2. The van der Waals surface area contributed by atoms with Crippen LogP contribution in [0.2, 0.25) is 0 Å². The number of carboxylic acid groups (broad SMARTS) is 1. The van der Waals surface area contributed by atoms with Crippen LogP contribution in [0.5, 0.6) is 0 Å². The second-order valence-electron chi connectivity index (χ2n) is 4.02. The number of amides is 1. The van der Waals surface area contributed by atoms with Crippen molar-refractivity contribution in [1.82, 2.24) is 15.3 Å². The van der Waals surface area contributed by atoms with Crippen LogP contribution in [0.1, 0.15) is 36.4 Å². The van der Waals surface area contributed by atoms with E-state index in [1.54, 1.807) is 19.2 Å². The largest absolute Gasteiger partial charge is 0.476 e. The molecule has 0 saturated carbocycles. The van der Waals surface area contributed by atoms with Gasteiger partial charge in [0.25, 0.3) is 5.91 Å². The lowest BCUT2D eigenvalue weighted by molar-refractivity contribution is 0.0690. The van der Waals surface area contributed by atoms with E-state index < -0.39 is 5.97 Å². The Hall–Kier alpha value is -2.15. The molecule has 6 nitrogen and oxygen atoms in total. The van der Waals surface area contributed by atoms with Crippen molar-refractivity contribution in [1.29, 1.82) is 0 Å². The molecule has 0 fully saturated rings. The van der Waals surface area contributed by atoms with Crippen LogP contribution in [0.3, 0.4) is 0 Å². The van der Waals surface area contributed by atoms with Gasteiger partial charge in [-0.3, -0.25) is 4.79 Å². The topological polar surface area (TPSA) is 95.1 Å². The van der Waals surface area contributed by atoms with Gasteiger partial charge in [0.2, 0.25) is 0 Å². The first-order valence-electron chi connectivity index (χ1n) is 5.61. The third-order valence-electron chi connectivity index (χ3n) is 2.64. The van der Waals surface area contributed by atoms with Gasteiger partial charge in [-0.05, 0) is 19.9 Å². The zero-order valence-electron chi connectivity index (χ0n) is 10.5. The molecule has 2 rings (SSSR count). The number of hydrogen-bond acceptors (Lipinski definition) is 4. The lowest BCUT2D eigenvalue weighted by atomic mass is 10.2. The van der Waals surface area contributed by atoms with E-state index >= 15 is 0 Å². The van der Waals surface area contributed by atoms with E-state index in [-0.39, 0.29) is 18.1 Å². The number of nitrogens with zero attached hydrogens (tertiary/aromatic N) is 1. The fourth-order valence-electron chi connectivity index (χ4n) is 1.68. The number of aromatic amines is 1. The van der Waals surface area contributed by atoms with Gasteiger partial charge in [-0.2, -0.15) is 0 Å². The SMILES string of the molecule is Cc1[nH]ccc1C(=O)NCc1nc(C(=O)O)c(C)s1. The van der Waals surface area contributed by atoms with Crippen molar-refractivity contribution in [2.75, 3.05) is 0 Å². The molecule has 0 aliphatic rings. The fourth-order valence-corrected chi connectivity index (χ4v) is 2.54. The normalized spacial score (nSPS) is 10.4. The van der Waals surface area contributed by atoms with Gasteiger partial charge in [0.1, 0.15) is 5.01 Å². The maximum atomic E-state index is 11.9. The highest BCUT2D eigenvalue weighted by atomic mass is 32.1. The van der Waals surface area contributed by atoms with Crippen LogP contribution >= 0.6 is 11.3 Å². The van der Waals surface area contributed by atoms with Crippen LogP contribution in [0.15, 0.2) is 12.3 Å². The number of aryl methyl sites for hydroxylation is 2. The number of hydrogen-bond donors (Lipinski definition) is 3. The monoisotopic (exact) mass is 279 g/mol. The van der Waals surface area contributed by atoms with E-state index in [0.717, 1.165) is 5.69 Å². The van der Waals surface area contributed by atoms with Gasteiger partial charge in [0, 0.05) is 16.8 Å². The summed E-state index contributed by atoms with van der Waals surface area (Å²) in [6, 6.07) is 1.69. The molecule has 0 atom stereocenters. The highest BCUT2D eigenvalue weighted by Gasteiger charge is 2.15. The van der Waals surface area contributed by atoms with Gasteiger partial charge in [-0.25, -0.2) is 9.78 Å². The lowest BCUT2D eigenvalue weighted by Gasteiger charge is -2.01. The van der Waals surface area contributed by atoms with Crippen molar-refractivity contribution >= 4 is 23.2 Å². The predicted molar refractivity (Wildman–Crippen MR) is 70.5 cm³/mol. The molecule has 0 spiro atoms. The molecule has 7 heteroatoms. The second kappa shape index (κ2) is 5.23. The molecular weight excluding hydrogens is 266 g/mol. The minimum Gasteiger partial charge on any atom is -0.476 e. The summed E-state index contributed by atoms with van der Waals surface area (Å²) < 4.78 is 0. The summed E-state index contributed by atoms with van der Waals surface area (Å²) in [4.78, 5) is 30.3. The number of H-pyrrole nitrogens is 1. The molecule has 3 N–H and O–H groups in total. The average molecular weight is 279 g/mol. The average Bonchev–Trinajstić information content (AvgIpc) is 2.92. The van der Waals surface area contributed by atoms with Crippen LogP contribution in [-0.2, 0) is 6.54 Å². The Morgan fingerprint density at radius 2 is 2.21 bits per heavy atom. The number of carbonyl (C=O) groups excluding carboxylic acids is 1. The van der Waals surface area contributed by atoms with E-state index in [0.29, 0.717) is 15.4 Å². The van der Waals surface area contributed by atoms with Crippen molar-refractivity contribution in [2.45, 2.75) is 20.4 Å². The van der Waals surface area contributed by atoms with E-state index in [1.165, 1.54) is 11.3 Å². The minimum absolute atomic E-state index is 0.0482. The second-order valence-corrected chi connectivity index (χ2v) is 5.30. The Bertz CT molecular complexity index is 630. The van der Waals surface area contributed by atoms with Gasteiger partial charge in [-0.15, -0.1) is 11.3 Å². The highest BCUT2D eigenvalue weighted by molar-refractivity contribution is 7.11. The summed E-state index contributed by atoms with van der Waals surface area (Å²) in [5.74, 6) is -1.25. The maximum absolute atomic E-state index is 11.9. The van der Waals surface area contributed by atoms with E-state index in [2.05, 4.69) is 15.3 Å². The Labute approximate surface area is 113 Å². The van der Waals surface area contributed by atoms with E-state index in [9.17, 15) is 9.59 Å². The zero-order valence-corrected chi connectivity index (χ0v) is 11.3. The van der Waals surface area contributed by atoms with Gasteiger partial charge in [0.15, 0.2) is 5.69 Å². The molecule has 0 radical (unpaired) electrons. The quantitative estimate of drug-likeness (QED) is 0.794. The van der Waals surface area contributed by atoms with Crippen LogP contribution in [-0.4, -0.2) is 27.0 Å². The molecule has 0 unspecified atom stereocenters. The van der Waals surface area contributed by atoms with Crippen molar-refractivity contribution in [3.63, 3.8) is 0 Å². The highest BCUT2D eigenvalue weighted by Crippen LogP contribution is 2.17. The third kappa shape index (κ3) is 2.82. The summed E-state index contributed by atoms with van der Waals surface area (Å²) in [5, 5.41) is 12.2. The Balaban J connectivity index is 2.03. The zero-order chi connectivity index (χ0) is 14.0. The van der Waals surface area contributed by atoms with Gasteiger partial charge in [0.05, 0.1) is 12.1 Å². The Kier molecular flexibility index (Phi) is 3.66. The number of carbonyl (C=O) groups is 2. The molecule has 0 aliphatic heterocycles. The lowest BCUT2D eigenvalue weighted by Crippen LogP contribution is -2.23. The van der Waals surface area contributed by atoms with Crippen LogP contribution in [0, 0.1) is 13.8 Å². The Morgan fingerprint density at radius 3 is 2.74 bits per heavy atom. The molecule has 1 amide bonds. The molecule has 0 bridgehead atoms. The molecule has 2 aromatic heterocycles.